The van der Waals surface area contributed by atoms with Crippen LogP contribution in [0.4, 0.5) is 0 Å². The summed E-state index contributed by atoms with van der Waals surface area (Å²) in [4.78, 5) is 35.8. The first-order valence-electron chi connectivity index (χ1n) is 6.79. The number of hydrogen-bond acceptors (Lipinski definition) is 4. The van der Waals surface area contributed by atoms with E-state index < -0.39 is 17.9 Å². The lowest BCUT2D eigenvalue weighted by Gasteiger charge is -2.26. The van der Waals surface area contributed by atoms with E-state index in [-0.39, 0.29) is 19.0 Å². The highest BCUT2D eigenvalue weighted by Gasteiger charge is 2.26. The molecule has 0 saturated carbocycles. The average Bonchev–Trinajstić information content (AvgIpc) is 2.50. The molecule has 0 aliphatic heterocycles. The molecule has 0 fully saturated rings. The molecule has 0 heterocycles. The predicted molar refractivity (Wildman–Crippen MR) is 79.8 cm³/mol. The van der Waals surface area contributed by atoms with Crippen molar-refractivity contribution in [3.63, 3.8) is 0 Å². The lowest BCUT2D eigenvalue weighted by Crippen LogP contribution is -2.46. The van der Waals surface area contributed by atoms with E-state index in [4.69, 9.17) is 9.84 Å². The van der Waals surface area contributed by atoms with Gasteiger partial charge in [0.15, 0.2) is 0 Å². The van der Waals surface area contributed by atoms with Crippen molar-refractivity contribution in [1.29, 1.82) is 0 Å². The van der Waals surface area contributed by atoms with Crippen molar-refractivity contribution in [2.75, 3.05) is 20.2 Å². The second kappa shape index (κ2) is 8.02. The Morgan fingerprint density at radius 3 is 2.59 bits per heavy atom. The van der Waals surface area contributed by atoms with Gasteiger partial charge in [-0.3, -0.25) is 9.59 Å². The summed E-state index contributed by atoms with van der Waals surface area (Å²) >= 11 is 0. The number of hydrogen-bond donors (Lipinski definition) is 2. The zero-order valence-corrected chi connectivity index (χ0v) is 12.8. The van der Waals surface area contributed by atoms with E-state index in [9.17, 15) is 14.4 Å². The molecule has 1 aromatic carbocycles. The molecule has 0 aliphatic rings. The van der Waals surface area contributed by atoms with Crippen LogP contribution in [0.5, 0.6) is 5.75 Å². The predicted octanol–water partition coefficient (Wildman–Crippen LogP) is 0.747. The molecular weight excluding hydrogens is 288 g/mol. The summed E-state index contributed by atoms with van der Waals surface area (Å²) in [5.74, 6) is -1.27. The highest BCUT2D eigenvalue weighted by molar-refractivity contribution is 5.96. The SMILES string of the molecule is COc1cccc(C(=O)N(CCNC(C)=O)C(C)C(=O)O)c1. The van der Waals surface area contributed by atoms with E-state index in [1.54, 1.807) is 24.3 Å². The number of amides is 2. The van der Waals surface area contributed by atoms with Gasteiger partial charge in [0, 0.05) is 25.6 Å². The van der Waals surface area contributed by atoms with E-state index in [0.717, 1.165) is 0 Å². The quantitative estimate of drug-likeness (QED) is 0.775. The third kappa shape index (κ3) is 4.76. The Morgan fingerprint density at radius 1 is 1.36 bits per heavy atom. The molecule has 0 spiro atoms. The monoisotopic (exact) mass is 308 g/mol. The lowest BCUT2D eigenvalue weighted by molar-refractivity contribution is -0.141. The number of carboxylic acids is 1. The summed E-state index contributed by atoms with van der Waals surface area (Å²) in [5.41, 5.74) is 0.329. The van der Waals surface area contributed by atoms with Crippen molar-refractivity contribution in [1.82, 2.24) is 10.2 Å². The minimum Gasteiger partial charge on any atom is -0.497 e. The van der Waals surface area contributed by atoms with Crippen LogP contribution in [-0.4, -0.2) is 54.0 Å². The number of carbonyl (C=O) groups excluding carboxylic acids is 2. The highest BCUT2D eigenvalue weighted by Crippen LogP contribution is 2.15. The molecule has 0 radical (unpaired) electrons. The number of methoxy groups -OCH3 is 1. The van der Waals surface area contributed by atoms with Crippen LogP contribution in [0.1, 0.15) is 24.2 Å². The van der Waals surface area contributed by atoms with E-state index in [2.05, 4.69) is 5.32 Å². The first-order valence-corrected chi connectivity index (χ1v) is 6.79. The van der Waals surface area contributed by atoms with E-state index in [1.165, 1.54) is 25.9 Å². The molecule has 7 nitrogen and oxygen atoms in total. The van der Waals surface area contributed by atoms with Crippen molar-refractivity contribution < 1.29 is 24.2 Å². The largest absolute Gasteiger partial charge is 0.497 e. The Hall–Kier alpha value is -2.57. The van der Waals surface area contributed by atoms with Gasteiger partial charge < -0.3 is 20.1 Å². The van der Waals surface area contributed by atoms with Crippen molar-refractivity contribution in [3.05, 3.63) is 29.8 Å². The van der Waals surface area contributed by atoms with Crippen LogP contribution >= 0.6 is 0 Å². The molecule has 0 aliphatic carbocycles. The summed E-state index contributed by atoms with van der Waals surface area (Å²) in [6.45, 7) is 3.06. The van der Waals surface area contributed by atoms with Crippen LogP contribution in [-0.2, 0) is 9.59 Å². The van der Waals surface area contributed by atoms with Gasteiger partial charge in [-0.2, -0.15) is 0 Å². The number of rotatable bonds is 7. The van der Waals surface area contributed by atoms with E-state index in [1.807, 2.05) is 0 Å². The molecule has 2 amide bonds. The van der Waals surface area contributed by atoms with Gasteiger partial charge in [0.25, 0.3) is 5.91 Å². The first-order chi connectivity index (χ1) is 10.4. The number of nitrogens with zero attached hydrogens (tertiary/aromatic N) is 1. The summed E-state index contributed by atoms with van der Waals surface area (Å²) in [5, 5.41) is 11.7. The molecule has 1 rings (SSSR count). The van der Waals surface area contributed by atoms with Gasteiger partial charge in [0.05, 0.1) is 7.11 Å². The molecule has 120 valence electrons. The van der Waals surface area contributed by atoms with Crippen LogP contribution < -0.4 is 10.1 Å². The van der Waals surface area contributed by atoms with Crippen LogP contribution in [0.3, 0.4) is 0 Å². The Balaban J connectivity index is 2.95. The Morgan fingerprint density at radius 2 is 2.05 bits per heavy atom. The Labute approximate surface area is 128 Å². The number of aliphatic carboxylic acids is 1. The third-order valence-electron chi connectivity index (χ3n) is 3.13. The van der Waals surface area contributed by atoms with Crippen LogP contribution in [0.15, 0.2) is 24.3 Å². The van der Waals surface area contributed by atoms with Gasteiger partial charge in [-0.15, -0.1) is 0 Å². The van der Waals surface area contributed by atoms with Gasteiger partial charge in [0.2, 0.25) is 5.91 Å². The van der Waals surface area contributed by atoms with E-state index in [0.29, 0.717) is 11.3 Å². The maximum absolute atomic E-state index is 12.5. The second-order valence-corrected chi connectivity index (χ2v) is 4.73. The van der Waals surface area contributed by atoms with Crippen LogP contribution in [0.25, 0.3) is 0 Å². The molecule has 1 aromatic rings. The van der Waals surface area contributed by atoms with Gasteiger partial charge in [-0.05, 0) is 25.1 Å². The number of benzene rings is 1. The second-order valence-electron chi connectivity index (χ2n) is 4.73. The highest BCUT2D eigenvalue weighted by atomic mass is 16.5. The molecule has 0 bridgehead atoms. The molecule has 0 aromatic heterocycles. The van der Waals surface area contributed by atoms with Crippen molar-refractivity contribution >= 4 is 17.8 Å². The maximum Gasteiger partial charge on any atom is 0.326 e. The summed E-state index contributed by atoms with van der Waals surface area (Å²) in [7, 11) is 1.48. The summed E-state index contributed by atoms with van der Waals surface area (Å²) in [6, 6.07) is 5.47. The smallest absolute Gasteiger partial charge is 0.326 e. The maximum atomic E-state index is 12.5. The van der Waals surface area contributed by atoms with Gasteiger partial charge in [-0.25, -0.2) is 4.79 Å². The number of carbonyl (C=O) groups is 3. The van der Waals surface area contributed by atoms with Crippen molar-refractivity contribution in [2.24, 2.45) is 0 Å². The lowest BCUT2D eigenvalue weighted by atomic mass is 10.1. The van der Waals surface area contributed by atoms with Crippen molar-refractivity contribution in [2.45, 2.75) is 19.9 Å². The number of ether oxygens (including phenoxy) is 1. The average molecular weight is 308 g/mol. The van der Waals surface area contributed by atoms with Crippen molar-refractivity contribution in [3.8, 4) is 5.75 Å². The number of carboxylic acid groups (broad SMARTS) is 1. The van der Waals surface area contributed by atoms with Gasteiger partial charge in [-0.1, -0.05) is 6.07 Å². The normalized spacial score (nSPS) is 11.4. The molecule has 2 N–H and O–H groups in total. The standard InChI is InChI=1S/C15H20N2O5/c1-10(15(20)21)17(8-7-16-11(2)18)14(19)12-5-4-6-13(9-12)22-3/h4-6,9-10H,7-8H2,1-3H3,(H,16,18)(H,20,21). The molecule has 22 heavy (non-hydrogen) atoms. The molecule has 7 heteroatoms. The fourth-order valence-electron chi connectivity index (χ4n) is 1.88. The molecule has 1 atom stereocenters. The van der Waals surface area contributed by atoms with E-state index >= 15 is 0 Å². The Kier molecular flexibility index (Phi) is 6.37. The van der Waals surface area contributed by atoms with Crippen LogP contribution in [0, 0.1) is 0 Å². The number of nitrogens with one attached hydrogen (secondary N) is 1. The molecule has 1 unspecified atom stereocenters. The zero-order valence-electron chi connectivity index (χ0n) is 12.8. The fraction of sp³-hybridized carbons (Fsp3) is 0.400. The molecule has 0 saturated heterocycles. The van der Waals surface area contributed by atoms with Gasteiger partial charge >= 0.3 is 5.97 Å². The first kappa shape index (κ1) is 17.5. The van der Waals surface area contributed by atoms with Gasteiger partial charge in [0.1, 0.15) is 11.8 Å². The summed E-state index contributed by atoms with van der Waals surface area (Å²) < 4.78 is 5.06. The zero-order chi connectivity index (χ0) is 16.7. The minimum atomic E-state index is -1.11. The topological polar surface area (TPSA) is 95.9 Å². The minimum absolute atomic E-state index is 0.100. The third-order valence-corrected chi connectivity index (χ3v) is 3.13. The Bertz CT molecular complexity index is 559. The molecular formula is C15H20N2O5. The summed E-state index contributed by atoms with van der Waals surface area (Å²) in [6.07, 6.45) is 0. The van der Waals surface area contributed by atoms with Crippen LogP contribution in [0.2, 0.25) is 0 Å². The fourth-order valence-corrected chi connectivity index (χ4v) is 1.88.